The summed E-state index contributed by atoms with van der Waals surface area (Å²) in [4.78, 5) is -0.206. The first-order valence-corrected chi connectivity index (χ1v) is 23.1. The molecule has 2 atom stereocenters. The van der Waals surface area contributed by atoms with Gasteiger partial charge in [0.15, 0.2) is 15.5 Å². The summed E-state index contributed by atoms with van der Waals surface area (Å²) in [5.74, 6) is -1.28. The fourth-order valence-electron chi connectivity index (χ4n) is 8.32. The summed E-state index contributed by atoms with van der Waals surface area (Å²) in [6, 6.07) is 10.4. The number of unbranched alkanes of at least 4 members (excludes halogenated alkanes) is 1. The van der Waals surface area contributed by atoms with Crippen molar-refractivity contribution in [3.63, 3.8) is 0 Å². The Morgan fingerprint density at radius 3 is 2.17 bits per heavy atom. The number of aryl methyl sites for hydroxylation is 1. The molecular formula is C35H45N2Na2O11S4+. The summed E-state index contributed by atoms with van der Waals surface area (Å²) in [7, 11) is -17.9. The summed E-state index contributed by atoms with van der Waals surface area (Å²) in [6.45, 7) is 9.51. The van der Waals surface area contributed by atoms with E-state index in [0.717, 1.165) is 27.8 Å². The molecule has 2 aliphatic heterocycles. The summed E-state index contributed by atoms with van der Waals surface area (Å²) >= 11 is 0. The van der Waals surface area contributed by atoms with E-state index in [-0.39, 0.29) is 93.6 Å². The minimum atomic E-state index is -4.85. The number of nitrogens with one attached hydrogen (secondary N) is 1. The largest absolute Gasteiger partial charge is 1.00 e. The molecule has 1 aliphatic carbocycles. The first-order valence-electron chi connectivity index (χ1n) is 16.9. The fraction of sp³-hybridized carbons (Fsp3) is 0.486. The molecule has 0 aromatic heterocycles. The average molecular weight is 844 g/mol. The Labute approximate surface area is 364 Å². The smallest absolute Gasteiger partial charge is 0.748 e. The number of hydrogen-bond donors (Lipinski definition) is 2. The van der Waals surface area contributed by atoms with Crippen LogP contribution < -0.4 is 68.3 Å². The van der Waals surface area contributed by atoms with Crippen molar-refractivity contribution in [2.75, 3.05) is 24.6 Å². The monoisotopic (exact) mass is 843 g/mol. The van der Waals surface area contributed by atoms with Crippen molar-refractivity contribution in [1.82, 2.24) is 9.21 Å². The second-order valence-corrected chi connectivity index (χ2v) is 21.3. The summed E-state index contributed by atoms with van der Waals surface area (Å²) in [6.07, 6.45) is 7.45. The van der Waals surface area contributed by atoms with Crippen LogP contribution in [0, 0.1) is 6.92 Å². The van der Waals surface area contributed by atoms with Crippen molar-refractivity contribution in [2.24, 2.45) is 0 Å². The van der Waals surface area contributed by atoms with E-state index in [1.165, 1.54) is 18.2 Å². The van der Waals surface area contributed by atoms with Crippen LogP contribution in [0.5, 0.6) is 0 Å². The van der Waals surface area contributed by atoms with Crippen LogP contribution in [0.1, 0.15) is 82.1 Å². The molecule has 286 valence electrons. The van der Waals surface area contributed by atoms with Gasteiger partial charge in [0.25, 0.3) is 10.1 Å². The van der Waals surface area contributed by atoms with Gasteiger partial charge < -0.3 is 9.11 Å². The molecule has 5 rings (SSSR count). The van der Waals surface area contributed by atoms with Gasteiger partial charge in [-0.2, -0.15) is 8.42 Å². The topological polar surface area (TPSA) is 215 Å². The zero-order chi connectivity index (χ0) is 38.7. The molecule has 54 heavy (non-hydrogen) atoms. The first-order chi connectivity index (χ1) is 23.8. The molecule has 1 fully saturated rings. The standard InChI is InChI=1S/C35H46N2O11S4.2Na/c1-24-14-16-27-26(10-6-7-20-49(38,39)40)28(34(2,3)29(27)22-24)11-8-12-32-35(4,5)30-23-25(51(44,45)36-18-21-50(41,42)43)15-17-31(30)37(32)19-9-13-33(37)52(46,47)48;;/h8,11-12,14-17,22-23,33,36H,6-7,9-10,13,18-21H2,1-5H3,(H2-,38,39,40,41,42,43,46,47,48);;/q;2*+1/p-1/b11-8?,32-12+;;. The number of rotatable bonds is 13. The Morgan fingerprint density at radius 2 is 1.56 bits per heavy atom. The predicted molar refractivity (Wildman–Crippen MR) is 197 cm³/mol. The van der Waals surface area contributed by atoms with E-state index < -0.39 is 68.9 Å². The maximum atomic E-state index is 13.2. The summed E-state index contributed by atoms with van der Waals surface area (Å²) in [5, 5.41) is -1.36. The molecule has 2 aromatic carbocycles. The normalized spacial score (nSPS) is 22.7. The molecule has 2 N–H and O–H groups in total. The number of nitrogens with zero attached hydrogens (tertiary/aromatic N) is 1. The zero-order valence-corrected chi connectivity index (χ0v) is 39.0. The molecule has 1 spiro atoms. The maximum Gasteiger partial charge on any atom is 1.00 e. The molecule has 0 bridgehead atoms. The van der Waals surface area contributed by atoms with Gasteiger partial charge in [-0.3, -0.25) is 4.55 Å². The second-order valence-electron chi connectivity index (χ2n) is 14.9. The van der Waals surface area contributed by atoms with Gasteiger partial charge in [0, 0.05) is 36.4 Å². The van der Waals surface area contributed by atoms with Gasteiger partial charge in [-0.05, 0) is 80.5 Å². The van der Waals surface area contributed by atoms with Crippen molar-refractivity contribution in [1.29, 1.82) is 0 Å². The van der Waals surface area contributed by atoms with Crippen molar-refractivity contribution in [2.45, 2.75) is 87.8 Å². The number of hydrogen-bond acceptors (Lipinski definition) is 10. The molecule has 0 radical (unpaired) electrons. The minimum Gasteiger partial charge on any atom is -0.748 e. The van der Waals surface area contributed by atoms with Crippen LogP contribution in [-0.4, -0.2) is 77.3 Å². The SMILES string of the molecule is Cc1ccc2c(c1)C(C)(C)C(C=C/C=C1\C(C)(C)c3cc(S(=O)(=O)NCCS(=O)(=O)[O-])ccc3[N+]13CCCC3S(=O)(=O)[O-])=C2CCCCS(=O)(=O)O.[Na+].[Na+]. The summed E-state index contributed by atoms with van der Waals surface area (Å²) in [5.41, 5.74) is 5.35. The molecule has 13 nitrogen and oxygen atoms in total. The quantitative estimate of drug-likeness (QED) is 0.101. The van der Waals surface area contributed by atoms with Crippen LogP contribution in [0.3, 0.4) is 0 Å². The number of fused-ring (bicyclic) bond motifs is 3. The molecule has 3 aliphatic rings. The van der Waals surface area contributed by atoms with Crippen LogP contribution in [0.4, 0.5) is 5.69 Å². The molecular weight excluding hydrogens is 799 g/mol. The van der Waals surface area contributed by atoms with Crippen LogP contribution in [0.25, 0.3) is 5.57 Å². The molecule has 1 saturated heterocycles. The Morgan fingerprint density at radius 1 is 0.889 bits per heavy atom. The molecule has 0 saturated carbocycles. The predicted octanol–water partition coefficient (Wildman–Crippen LogP) is -1.67. The van der Waals surface area contributed by atoms with E-state index in [1.807, 2.05) is 45.1 Å². The number of benzene rings is 2. The third-order valence-electron chi connectivity index (χ3n) is 10.7. The Bertz CT molecular complexity index is 2340. The van der Waals surface area contributed by atoms with Crippen molar-refractivity contribution in [3.8, 4) is 0 Å². The third kappa shape index (κ3) is 9.58. The molecule has 0 amide bonds. The van der Waals surface area contributed by atoms with E-state index in [1.54, 1.807) is 0 Å². The van der Waals surface area contributed by atoms with Crippen LogP contribution >= 0.6 is 0 Å². The molecule has 2 unspecified atom stereocenters. The van der Waals surface area contributed by atoms with Gasteiger partial charge in [-0.15, -0.1) is 0 Å². The number of sulfonamides is 1. The van der Waals surface area contributed by atoms with Gasteiger partial charge in [-0.25, -0.2) is 34.5 Å². The van der Waals surface area contributed by atoms with Gasteiger partial charge in [0.2, 0.25) is 10.0 Å². The van der Waals surface area contributed by atoms with Gasteiger partial charge in [0.1, 0.15) is 11.4 Å². The van der Waals surface area contributed by atoms with Gasteiger partial charge >= 0.3 is 59.1 Å². The van der Waals surface area contributed by atoms with Crippen molar-refractivity contribution >= 4 is 51.6 Å². The Balaban J connectivity index is 0.00000392. The minimum absolute atomic E-state index is 0. The maximum absolute atomic E-state index is 13.2. The second kappa shape index (κ2) is 16.9. The Hall–Kier alpha value is -0.740. The van der Waals surface area contributed by atoms with E-state index in [0.29, 0.717) is 36.2 Å². The van der Waals surface area contributed by atoms with Crippen LogP contribution in [0.15, 0.2) is 70.8 Å². The Kier molecular flexibility index (Phi) is 14.9. The molecule has 2 aromatic rings. The van der Waals surface area contributed by atoms with Crippen molar-refractivity contribution < 1.29 is 106 Å². The summed E-state index contributed by atoms with van der Waals surface area (Å²) < 4.78 is 132. The van der Waals surface area contributed by atoms with Gasteiger partial charge in [-0.1, -0.05) is 49.8 Å². The van der Waals surface area contributed by atoms with Crippen LogP contribution in [0.2, 0.25) is 0 Å². The molecule has 2 heterocycles. The van der Waals surface area contributed by atoms with Crippen LogP contribution in [-0.2, 0) is 51.2 Å². The fourth-order valence-corrected chi connectivity index (χ4v) is 11.7. The number of allylic oxidation sites excluding steroid dienone is 6. The number of quaternary nitrogens is 1. The zero-order valence-electron chi connectivity index (χ0n) is 31.7. The van der Waals surface area contributed by atoms with E-state index >= 15 is 0 Å². The van der Waals surface area contributed by atoms with E-state index in [4.69, 9.17) is 0 Å². The third-order valence-corrected chi connectivity index (χ3v) is 14.9. The van der Waals surface area contributed by atoms with E-state index in [9.17, 15) is 47.3 Å². The van der Waals surface area contributed by atoms with E-state index in [2.05, 4.69) is 30.7 Å². The first kappa shape index (κ1) is 47.6. The molecule has 19 heteroatoms. The average Bonchev–Trinajstić information content (AvgIpc) is 3.59. The van der Waals surface area contributed by atoms with Gasteiger partial charge in [0.05, 0.1) is 38.5 Å². The van der Waals surface area contributed by atoms with Crippen molar-refractivity contribution in [3.05, 3.63) is 88.2 Å².